The van der Waals surface area contributed by atoms with Crippen LogP contribution in [0.3, 0.4) is 0 Å². The predicted octanol–water partition coefficient (Wildman–Crippen LogP) is 0.296. The molecule has 3 heterocycles. The molecule has 0 aromatic heterocycles. The fourth-order valence-corrected chi connectivity index (χ4v) is 2.00. The average molecular weight is 230 g/mol. The van der Waals surface area contributed by atoms with Gasteiger partial charge in [0, 0.05) is 6.08 Å². The maximum Gasteiger partial charge on any atom is 0.309 e. The van der Waals surface area contributed by atoms with Crippen molar-refractivity contribution in [3.8, 4) is 23.7 Å². The summed E-state index contributed by atoms with van der Waals surface area (Å²) in [5.74, 6) is 10.2. The topological polar surface area (TPSA) is 51.2 Å². The van der Waals surface area contributed by atoms with Gasteiger partial charge < -0.3 is 19.3 Å². The normalized spacial score (nSPS) is 42.0. The summed E-state index contributed by atoms with van der Waals surface area (Å²) in [6, 6.07) is 0. The van der Waals surface area contributed by atoms with Gasteiger partial charge in [-0.25, -0.2) is 0 Å². The van der Waals surface area contributed by atoms with Crippen LogP contribution in [-0.4, -0.2) is 29.2 Å². The van der Waals surface area contributed by atoms with Crippen LogP contribution in [0.5, 0.6) is 0 Å². The monoisotopic (exact) mass is 230 g/mol. The van der Waals surface area contributed by atoms with Gasteiger partial charge in [-0.05, 0) is 24.8 Å². The van der Waals surface area contributed by atoms with E-state index in [1.807, 2.05) is 0 Å². The first-order valence-corrected chi connectivity index (χ1v) is 5.27. The minimum Gasteiger partial charge on any atom is -0.455 e. The quantitative estimate of drug-likeness (QED) is 0.480. The van der Waals surface area contributed by atoms with E-state index in [0.29, 0.717) is 5.76 Å². The molecule has 4 unspecified atom stereocenters. The number of hydrogen-bond acceptors (Lipinski definition) is 4. The van der Waals surface area contributed by atoms with Gasteiger partial charge in [-0.2, -0.15) is 0 Å². The van der Waals surface area contributed by atoms with Crippen LogP contribution in [0.1, 0.15) is 6.92 Å². The van der Waals surface area contributed by atoms with E-state index in [2.05, 4.69) is 23.7 Å². The lowest BCUT2D eigenvalue weighted by molar-refractivity contribution is -0.218. The zero-order valence-electron chi connectivity index (χ0n) is 9.14. The van der Waals surface area contributed by atoms with Gasteiger partial charge in [0.2, 0.25) is 0 Å². The molecule has 0 bridgehead atoms. The zero-order valence-corrected chi connectivity index (χ0v) is 9.14. The predicted molar refractivity (Wildman–Crippen MR) is 58.0 cm³/mol. The molecule has 4 nitrogen and oxygen atoms in total. The van der Waals surface area contributed by atoms with Gasteiger partial charge in [-0.3, -0.25) is 0 Å². The molecule has 0 amide bonds. The van der Waals surface area contributed by atoms with Crippen LogP contribution < -0.4 is 0 Å². The first-order valence-electron chi connectivity index (χ1n) is 5.27. The van der Waals surface area contributed by atoms with E-state index in [0.717, 1.165) is 0 Å². The summed E-state index contributed by atoms with van der Waals surface area (Å²) in [6.07, 6.45) is 3.35. The molecule has 17 heavy (non-hydrogen) atoms. The number of aliphatic hydroxyl groups excluding tert-OH is 1. The molecule has 0 aromatic rings. The highest BCUT2D eigenvalue weighted by Gasteiger charge is 2.71. The summed E-state index contributed by atoms with van der Waals surface area (Å²) in [6.45, 7) is 1.72. The molecule has 4 atom stereocenters. The Kier molecular flexibility index (Phi) is 2.16. The fraction of sp³-hybridized carbons (Fsp3) is 0.385. The molecule has 0 radical (unpaired) electrons. The van der Waals surface area contributed by atoms with Crippen LogP contribution in [0.15, 0.2) is 24.2 Å². The maximum absolute atomic E-state index is 9.80. The van der Waals surface area contributed by atoms with Gasteiger partial charge in [0.15, 0.2) is 18.3 Å². The third kappa shape index (κ3) is 1.43. The van der Waals surface area contributed by atoms with Gasteiger partial charge >= 0.3 is 5.79 Å². The van der Waals surface area contributed by atoms with E-state index in [-0.39, 0.29) is 12.2 Å². The first kappa shape index (κ1) is 10.3. The van der Waals surface area contributed by atoms with E-state index in [4.69, 9.17) is 14.2 Å². The molecule has 4 heteroatoms. The Morgan fingerprint density at radius 3 is 3.06 bits per heavy atom. The van der Waals surface area contributed by atoms with Crippen molar-refractivity contribution in [1.29, 1.82) is 0 Å². The van der Waals surface area contributed by atoms with Gasteiger partial charge in [0.1, 0.15) is 5.76 Å². The fourth-order valence-electron chi connectivity index (χ4n) is 2.00. The Bertz CT molecular complexity index is 525. The molecule has 86 valence electrons. The van der Waals surface area contributed by atoms with Gasteiger partial charge in [-0.15, -0.1) is 0 Å². The molecular formula is C13H10O4. The van der Waals surface area contributed by atoms with Crippen molar-refractivity contribution in [2.75, 3.05) is 0 Å². The molecule has 3 aliphatic rings. The van der Waals surface area contributed by atoms with Crippen molar-refractivity contribution >= 4 is 0 Å². The molecule has 1 spiro atoms. The van der Waals surface area contributed by atoms with E-state index >= 15 is 0 Å². The molecule has 2 saturated heterocycles. The summed E-state index contributed by atoms with van der Waals surface area (Å²) in [7, 11) is 0. The van der Waals surface area contributed by atoms with Crippen molar-refractivity contribution < 1.29 is 19.3 Å². The SMILES string of the molecule is CC#CC#CC=C1OC2(OC=CC2O)C2OC12. The lowest BCUT2D eigenvalue weighted by Crippen LogP contribution is -2.44. The Hall–Kier alpha value is -1.88. The Balaban J connectivity index is 1.80. The van der Waals surface area contributed by atoms with Crippen LogP contribution in [0.2, 0.25) is 0 Å². The van der Waals surface area contributed by atoms with Crippen molar-refractivity contribution in [3.05, 3.63) is 24.2 Å². The summed E-state index contributed by atoms with van der Waals surface area (Å²) < 4.78 is 16.4. The highest BCUT2D eigenvalue weighted by Crippen LogP contribution is 2.52. The lowest BCUT2D eigenvalue weighted by Gasteiger charge is -2.27. The van der Waals surface area contributed by atoms with Crippen LogP contribution in [0.4, 0.5) is 0 Å². The Morgan fingerprint density at radius 2 is 2.35 bits per heavy atom. The Morgan fingerprint density at radius 1 is 1.47 bits per heavy atom. The van der Waals surface area contributed by atoms with Gasteiger partial charge in [0.25, 0.3) is 0 Å². The third-order valence-electron chi connectivity index (χ3n) is 2.85. The van der Waals surface area contributed by atoms with E-state index in [9.17, 15) is 5.11 Å². The van der Waals surface area contributed by atoms with Gasteiger partial charge in [-0.1, -0.05) is 11.8 Å². The molecule has 3 aliphatic heterocycles. The molecule has 0 saturated carbocycles. The van der Waals surface area contributed by atoms with Crippen LogP contribution in [-0.2, 0) is 14.2 Å². The zero-order chi connectivity index (χ0) is 11.9. The van der Waals surface area contributed by atoms with Crippen LogP contribution in [0, 0.1) is 23.7 Å². The van der Waals surface area contributed by atoms with E-state index < -0.39 is 11.9 Å². The van der Waals surface area contributed by atoms with Crippen molar-refractivity contribution in [2.45, 2.75) is 31.0 Å². The molecule has 2 fully saturated rings. The first-order chi connectivity index (χ1) is 8.28. The van der Waals surface area contributed by atoms with Gasteiger partial charge in [0.05, 0.1) is 6.26 Å². The third-order valence-corrected chi connectivity index (χ3v) is 2.85. The standard InChI is InChI=1S/C13H10O4/c1-2-3-4-5-6-9-11-12(16-11)13(17-9)10(14)7-8-15-13/h6-8,10-12,14H,1H3. The second-order valence-corrected chi connectivity index (χ2v) is 3.88. The minimum absolute atomic E-state index is 0.159. The highest BCUT2D eigenvalue weighted by molar-refractivity contribution is 5.36. The second kappa shape index (κ2) is 3.56. The summed E-state index contributed by atoms with van der Waals surface area (Å²) in [5, 5.41) is 9.80. The van der Waals surface area contributed by atoms with E-state index in [1.165, 1.54) is 12.3 Å². The smallest absolute Gasteiger partial charge is 0.309 e. The number of ether oxygens (including phenoxy) is 3. The van der Waals surface area contributed by atoms with Crippen molar-refractivity contribution in [2.24, 2.45) is 0 Å². The minimum atomic E-state index is -1.10. The summed E-state index contributed by atoms with van der Waals surface area (Å²) in [5.41, 5.74) is 0. The second-order valence-electron chi connectivity index (χ2n) is 3.88. The number of fused-ring (bicyclic) bond motifs is 2. The number of rotatable bonds is 0. The van der Waals surface area contributed by atoms with Crippen LogP contribution >= 0.6 is 0 Å². The highest BCUT2D eigenvalue weighted by atomic mass is 16.8. The number of allylic oxidation sites excluding steroid dienone is 1. The lowest BCUT2D eigenvalue weighted by atomic mass is 10.1. The number of hydrogen-bond donors (Lipinski definition) is 1. The molecule has 0 aliphatic carbocycles. The summed E-state index contributed by atoms with van der Waals surface area (Å²) in [4.78, 5) is 0. The molecule has 3 rings (SSSR count). The maximum atomic E-state index is 9.80. The number of epoxide rings is 1. The molecular weight excluding hydrogens is 220 g/mol. The average Bonchev–Trinajstić information content (AvgIpc) is 2.97. The van der Waals surface area contributed by atoms with Crippen molar-refractivity contribution in [3.63, 3.8) is 0 Å². The van der Waals surface area contributed by atoms with Crippen molar-refractivity contribution in [1.82, 2.24) is 0 Å². The largest absolute Gasteiger partial charge is 0.455 e. The molecule has 1 N–H and O–H groups in total. The summed E-state index contributed by atoms with van der Waals surface area (Å²) >= 11 is 0. The number of aliphatic hydroxyl groups is 1. The molecule has 0 aromatic carbocycles. The Labute approximate surface area is 98.9 Å². The van der Waals surface area contributed by atoms with Crippen LogP contribution in [0.25, 0.3) is 0 Å². The van der Waals surface area contributed by atoms with E-state index in [1.54, 1.807) is 13.0 Å².